The molecule has 8 nitrogen and oxygen atoms in total. The van der Waals surface area contributed by atoms with Gasteiger partial charge in [-0.05, 0) is 0 Å². The lowest BCUT2D eigenvalue weighted by Gasteiger charge is -2.26. The summed E-state index contributed by atoms with van der Waals surface area (Å²) >= 11 is 0. The van der Waals surface area contributed by atoms with Gasteiger partial charge in [0.25, 0.3) is 5.56 Å². The van der Waals surface area contributed by atoms with Gasteiger partial charge >= 0.3 is 5.69 Å². The molecule has 1 aliphatic rings. The molecule has 2 rings (SSSR count). The second kappa shape index (κ2) is 5.05. The Morgan fingerprint density at radius 2 is 2.40 bits per heavy atom. The van der Waals surface area contributed by atoms with E-state index >= 15 is 0 Å². The Morgan fingerprint density at radius 3 is 2.90 bits per heavy atom. The number of hydrogen-bond acceptors (Lipinski definition) is 6. The van der Waals surface area contributed by atoms with Gasteiger partial charge < -0.3 is 14.9 Å². The van der Waals surface area contributed by atoms with Gasteiger partial charge in [0.2, 0.25) is 0 Å². The molecule has 1 aromatic heterocycles. The first-order chi connectivity index (χ1) is 9.47. The summed E-state index contributed by atoms with van der Waals surface area (Å²) < 4.78 is 6.48. The van der Waals surface area contributed by atoms with Gasteiger partial charge in [-0.25, -0.2) is 4.79 Å². The van der Waals surface area contributed by atoms with E-state index in [9.17, 15) is 19.8 Å². The molecule has 3 N–H and O–H groups in total. The average molecular weight is 279 g/mol. The Morgan fingerprint density at radius 1 is 1.70 bits per heavy atom. The maximum atomic E-state index is 11.7. The Bertz CT molecular complexity index is 686. The Balaban J connectivity index is 2.45. The topological polar surface area (TPSA) is 128 Å². The number of nitrogens with zero attached hydrogens (tertiary/aromatic N) is 2. The van der Waals surface area contributed by atoms with Gasteiger partial charge in [-0.3, -0.25) is 14.3 Å². The number of nitrogens with one attached hydrogen (secondary N) is 1. The fourth-order valence-electron chi connectivity index (χ4n) is 2.11. The molecule has 0 saturated carbocycles. The summed E-state index contributed by atoms with van der Waals surface area (Å²) in [4.78, 5) is 25.0. The monoisotopic (exact) mass is 279 g/mol. The van der Waals surface area contributed by atoms with Crippen molar-refractivity contribution in [2.24, 2.45) is 0 Å². The fraction of sp³-hybridized carbons (Fsp3) is 0.417. The lowest BCUT2D eigenvalue weighted by molar-refractivity contribution is -0.0973. The summed E-state index contributed by atoms with van der Waals surface area (Å²) in [7, 11) is 0. The first kappa shape index (κ1) is 14.2. The van der Waals surface area contributed by atoms with Crippen LogP contribution in [0.15, 0.2) is 28.4 Å². The van der Waals surface area contributed by atoms with Crippen LogP contribution in [0.3, 0.4) is 0 Å². The summed E-state index contributed by atoms with van der Waals surface area (Å²) in [6.45, 7) is 2.99. The molecule has 0 amide bonds. The zero-order valence-corrected chi connectivity index (χ0v) is 10.4. The van der Waals surface area contributed by atoms with Gasteiger partial charge in [-0.15, -0.1) is 6.58 Å². The first-order valence-corrected chi connectivity index (χ1v) is 5.83. The van der Waals surface area contributed by atoms with Crippen molar-refractivity contribution in [2.75, 3.05) is 6.61 Å². The molecule has 0 aromatic carbocycles. The van der Waals surface area contributed by atoms with E-state index in [2.05, 4.69) is 6.58 Å². The highest BCUT2D eigenvalue weighted by Gasteiger charge is 2.46. The molecule has 20 heavy (non-hydrogen) atoms. The summed E-state index contributed by atoms with van der Waals surface area (Å²) in [5.74, 6) is 0. The van der Waals surface area contributed by atoms with Gasteiger partial charge in [0, 0.05) is 12.6 Å². The maximum Gasteiger partial charge on any atom is 0.330 e. The second-order valence-corrected chi connectivity index (χ2v) is 4.46. The molecular weight excluding hydrogens is 266 g/mol. The third-order valence-corrected chi connectivity index (χ3v) is 3.34. The predicted molar refractivity (Wildman–Crippen MR) is 66.8 cm³/mol. The smallest absolute Gasteiger partial charge is 0.330 e. The molecule has 106 valence electrons. The van der Waals surface area contributed by atoms with Crippen LogP contribution in [0.2, 0.25) is 0 Å². The predicted octanol–water partition coefficient (Wildman–Crippen LogP) is -1.39. The molecule has 0 spiro atoms. The molecular formula is C12H13N3O5. The Hall–Kier alpha value is -2.21. The molecule has 0 aliphatic carbocycles. The van der Waals surface area contributed by atoms with E-state index < -0.39 is 35.8 Å². The molecule has 3 atom stereocenters. The standard InChI is InChI=1S/C12H13N3O5/c1-2-12(6-16)8(17)3-9(20-12)15-5-7(4-13)10(18)14-11(15)19/h2,5,8-9,16-17H,1,3,6H2,(H,14,18,19)/t8-,9-,12+/m0/s1. The number of nitriles is 1. The SMILES string of the molecule is C=C[C@]1(CO)O[C@H](n2cc(C#N)c(=O)[nH]c2=O)C[C@@H]1O. The highest BCUT2D eigenvalue weighted by Crippen LogP contribution is 2.36. The third-order valence-electron chi connectivity index (χ3n) is 3.34. The van der Waals surface area contributed by atoms with Gasteiger partial charge in [0.15, 0.2) is 0 Å². The quantitative estimate of drug-likeness (QED) is 0.584. The zero-order valence-electron chi connectivity index (χ0n) is 10.4. The van der Waals surface area contributed by atoms with Gasteiger partial charge in [-0.1, -0.05) is 6.08 Å². The normalized spacial score (nSPS) is 29.1. The summed E-state index contributed by atoms with van der Waals surface area (Å²) in [6.07, 6.45) is 0.379. The molecule has 1 fully saturated rings. The van der Waals surface area contributed by atoms with Crippen molar-refractivity contribution in [3.63, 3.8) is 0 Å². The molecule has 1 saturated heterocycles. The highest BCUT2D eigenvalue weighted by atomic mass is 16.6. The maximum absolute atomic E-state index is 11.7. The van der Waals surface area contributed by atoms with Crippen LogP contribution in [0.25, 0.3) is 0 Å². The minimum Gasteiger partial charge on any atom is -0.393 e. The zero-order chi connectivity index (χ0) is 14.9. The summed E-state index contributed by atoms with van der Waals surface area (Å²) in [6, 6.07) is 1.66. The van der Waals surface area contributed by atoms with Crippen LogP contribution in [-0.2, 0) is 4.74 Å². The van der Waals surface area contributed by atoms with Crippen LogP contribution >= 0.6 is 0 Å². The van der Waals surface area contributed by atoms with Crippen molar-refractivity contribution in [3.8, 4) is 6.07 Å². The van der Waals surface area contributed by atoms with E-state index in [1.54, 1.807) is 6.07 Å². The van der Waals surface area contributed by atoms with Crippen LogP contribution in [0.1, 0.15) is 18.2 Å². The second-order valence-electron chi connectivity index (χ2n) is 4.46. The van der Waals surface area contributed by atoms with Gasteiger partial charge in [0.05, 0.1) is 12.7 Å². The fourth-order valence-corrected chi connectivity index (χ4v) is 2.11. The lowest BCUT2D eigenvalue weighted by atomic mass is 9.98. The molecule has 1 aromatic rings. The minimum atomic E-state index is -1.37. The number of rotatable bonds is 3. The van der Waals surface area contributed by atoms with Crippen molar-refractivity contribution >= 4 is 0 Å². The summed E-state index contributed by atoms with van der Waals surface area (Å²) in [5, 5.41) is 28.0. The summed E-state index contributed by atoms with van der Waals surface area (Å²) in [5.41, 5.74) is -3.16. The molecule has 2 heterocycles. The van der Waals surface area contributed by atoms with E-state index in [0.717, 1.165) is 10.8 Å². The van der Waals surface area contributed by atoms with Crippen LogP contribution in [0.4, 0.5) is 0 Å². The van der Waals surface area contributed by atoms with Crippen LogP contribution in [-0.4, -0.2) is 38.1 Å². The number of aromatic nitrogens is 2. The number of H-pyrrole nitrogens is 1. The Kier molecular flexibility index (Phi) is 3.59. The average Bonchev–Trinajstić information content (AvgIpc) is 2.76. The molecule has 1 aliphatic heterocycles. The Labute approximate surface area is 113 Å². The lowest BCUT2D eigenvalue weighted by Crippen LogP contribution is -2.41. The molecule has 8 heteroatoms. The van der Waals surface area contributed by atoms with Crippen molar-refractivity contribution in [1.82, 2.24) is 9.55 Å². The number of ether oxygens (including phenoxy) is 1. The number of hydrogen-bond donors (Lipinski definition) is 3. The van der Waals surface area contributed by atoms with E-state index in [-0.39, 0.29) is 12.0 Å². The minimum absolute atomic E-state index is 0.0173. The number of aromatic amines is 1. The van der Waals surface area contributed by atoms with E-state index in [1.165, 1.54) is 6.08 Å². The van der Waals surface area contributed by atoms with Crippen molar-refractivity contribution in [3.05, 3.63) is 45.3 Å². The number of aliphatic hydroxyl groups is 2. The van der Waals surface area contributed by atoms with Crippen LogP contribution < -0.4 is 11.2 Å². The van der Waals surface area contributed by atoms with Crippen LogP contribution in [0, 0.1) is 11.3 Å². The van der Waals surface area contributed by atoms with Crippen molar-refractivity contribution in [1.29, 1.82) is 5.26 Å². The van der Waals surface area contributed by atoms with E-state index in [4.69, 9.17) is 10.00 Å². The van der Waals surface area contributed by atoms with Crippen molar-refractivity contribution < 1.29 is 14.9 Å². The number of aliphatic hydroxyl groups excluding tert-OH is 2. The van der Waals surface area contributed by atoms with E-state index in [0.29, 0.717) is 0 Å². The molecule has 0 bridgehead atoms. The molecule has 0 radical (unpaired) electrons. The third kappa shape index (κ3) is 2.08. The van der Waals surface area contributed by atoms with Gasteiger partial charge in [0.1, 0.15) is 23.5 Å². The van der Waals surface area contributed by atoms with Crippen LogP contribution in [0.5, 0.6) is 0 Å². The van der Waals surface area contributed by atoms with E-state index in [1.807, 2.05) is 4.98 Å². The highest BCUT2D eigenvalue weighted by molar-refractivity contribution is 5.22. The largest absolute Gasteiger partial charge is 0.393 e. The van der Waals surface area contributed by atoms with Gasteiger partial charge in [-0.2, -0.15) is 5.26 Å². The first-order valence-electron chi connectivity index (χ1n) is 5.83. The molecule has 0 unspecified atom stereocenters. The van der Waals surface area contributed by atoms with Crippen molar-refractivity contribution in [2.45, 2.75) is 24.4 Å².